The Labute approximate surface area is 112 Å². The van der Waals surface area contributed by atoms with Crippen LogP contribution in [0.1, 0.15) is 36.2 Å². The van der Waals surface area contributed by atoms with Gasteiger partial charge in [0.25, 0.3) is 0 Å². The van der Waals surface area contributed by atoms with Crippen molar-refractivity contribution in [2.75, 3.05) is 13.2 Å². The lowest BCUT2D eigenvalue weighted by molar-refractivity contribution is -0.118. The van der Waals surface area contributed by atoms with Crippen LogP contribution in [0.15, 0.2) is 18.5 Å². The second-order valence-corrected chi connectivity index (χ2v) is 3.72. The number of hydrogen-bond acceptors (Lipinski definition) is 4. The first-order chi connectivity index (χ1) is 9.13. The number of carbonyl (C=O) groups is 2. The molecule has 1 heterocycles. The molecule has 1 amide bonds. The van der Waals surface area contributed by atoms with Gasteiger partial charge in [0.2, 0.25) is 5.91 Å². The molecule has 1 aromatic heterocycles. The second kappa shape index (κ2) is 7.88. The summed E-state index contributed by atoms with van der Waals surface area (Å²) >= 11 is 0. The van der Waals surface area contributed by atoms with Crippen molar-refractivity contribution in [2.45, 2.75) is 20.3 Å². The first-order valence-electron chi connectivity index (χ1n) is 5.99. The molecule has 1 rings (SSSR count). The van der Waals surface area contributed by atoms with E-state index >= 15 is 0 Å². The van der Waals surface area contributed by atoms with Gasteiger partial charge in [-0.25, -0.2) is 4.79 Å². The molecule has 0 saturated carbocycles. The third-order valence-corrected chi connectivity index (χ3v) is 2.11. The topological polar surface area (TPSA) is 68.3 Å². The third kappa shape index (κ3) is 5.68. The van der Waals surface area contributed by atoms with E-state index in [1.165, 1.54) is 13.1 Å². The van der Waals surface area contributed by atoms with Crippen LogP contribution in [0.25, 0.3) is 0 Å². The Morgan fingerprint density at radius 3 is 2.89 bits per heavy atom. The summed E-state index contributed by atoms with van der Waals surface area (Å²) in [5, 5.41) is 2.65. The van der Waals surface area contributed by atoms with Crippen LogP contribution >= 0.6 is 0 Å². The fourth-order valence-electron chi connectivity index (χ4n) is 1.30. The predicted octanol–water partition coefficient (Wildman–Crippen LogP) is 1.14. The first-order valence-corrected chi connectivity index (χ1v) is 5.99. The lowest BCUT2D eigenvalue weighted by Crippen LogP contribution is -2.20. The Morgan fingerprint density at radius 2 is 2.21 bits per heavy atom. The van der Waals surface area contributed by atoms with E-state index in [1.54, 1.807) is 19.2 Å². The van der Waals surface area contributed by atoms with Crippen LogP contribution in [0.4, 0.5) is 0 Å². The standard InChI is InChI=1S/C14H16N2O3/c1-3-19-14(18)13-8-12(9-15-10-13)6-4-5-7-16-11(2)17/h8-10H,3,5,7H2,1-2H3,(H,16,17). The normalized spacial score (nSPS) is 9.16. The lowest BCUT2D eigenvalue weighted by Gasteiger charge is -2.00. The van der Waals surface area contributed by atoms with Crippen LogP contribution in [0, 0.1) is 11.8 Å². The van der Waals surface area contributed by atoms with Crippen molar-refractivity contribution in [3.63, 3.8) is 0 Å². The molecule has 0 radical (unpaired) electrons. The molecule has 100 valence electrons. The summed E-state index contributed by atoms with van der Waals surface area (Å²) in [5.74, 6) is 5.30. The number of nitrogens with one attached hydrogen (secondary N) is 1. The molecule has 0 aromatic carbocycles. The van der Waals surface area contributed by atoms with E-state index < -0.39 is 5.97 Å². The molecule has 0 atom stereocenters. The van der Waals surface area contributed by atoms with Gasteiger partial charge in [-0.3, -0.25) is 9.78 Å². The molecule has 5 heteroatoms. The molecular weight excluding hydrogens is 244 g/mol. The highest BCUT2D eigenvalue weighted by atomic mass is 16.5. The number of nitrogens with zero attached hydrogens (tertiary/aromatic N) is 1. The van der Waals surface area contributed by atoms with Gasteiger partial charge < -0.3 is 10.1 Å². The number of ether oxygens (including phenoxy) is 1. The van der Waals surface area contributed by atoms with Crippen LogP contribution in [-0.2, 0) is 9.53 Å². The average Bonchev–Trinajstić information content (AvgIpc) is 2.38. The van der Waals surface area contributed by atoms with Crippen molar-refractivity contribution in [1.82, 2.24) is 10.3 Å². The average molecular weight is 260 g/mol. The third-order valence-electron chi connectivity index (χ3n) is 2.11. The van der Waals surface area contributed by atoms with Crippen LogP contribution in [0.3, 0.4) is 0 Å². The SMILES string of the molecule is CCOC(=O)c1cncc(C#CCCNC(C)=O)c1. The lowest BCUT2D eigenvalue weighted by atomic mass is 10.2. The maximum atomic E-state index is 11.5. The maximum Gasteiger partial charge on any atom is 0.339 e. The largest absolute Gasteiger partial charge is 0.462 e. The number of carbonyl (C=O) groups excluding carboxylic acids is 2. The summed E-state index contributed by atoms with van der Waals surface area (Å²) in [6, 6.07) is 1.64. The van der Waals surface area contributed by atoms with E-state index in [9.17, 15) is 9.59 Å². The molecule has 0 aliphatic heterocycles. The Morgan fingerprint density at radius 1 is 1.42 bits per heavy atom. The molecule has 5 nitrogen and oxygen atoms in total. The molecule has 0 aliphatic rings. The fraction of sp³-hybridized carbons (Fsp3) is 0.357. The van der Waals surface area contributed by atoms with Crippen molar-refractivity contribution in [3.05, 3.63) is 29.6 Å². The minimum Gasteiger partial charge on any atom is -0.462 e. The Kier molecular flexibility index (Phi) is 6.10. The zero-order valence-corrected chi connectivity index (χ0v) is 11.0. The zero-order chi connectivity index (χ0) is 14.1. The molecule has 0 spiro atoms. The summed E-state index contributed by atoms with van der Waals surface area (Å²) in [5.41, 5.74) is 1.03. The second-order valence-electron chi connectivity index (χ2n) is 3.72. The summed E-state index contributed by atoms with van der Waals surface area (Å²) in [6.45, 7) is 4.04. The molecular formula is C14H16N2O3. The number of amides is 1. The minimum absolute atomic E-state index is 0.0761. The van der Waals surface area contributed by atoms with Crippen molar-refractivity contribution >= 4 is 11.9 Å². The van der Waals surface area contributed by atoms with E-state index in [-0.39, 0.29) is 5.91 Å². The number of pyridine rings is 1. The molecule has 0 fully saturated rings. The molecule has 1 aromatic rings. The molecule has 1 N–H and O–H groups in total. The number of rotatable bonds is 4. The Balaban J connectivity index is 2.59. The van der Waals surface area contributed by atoms with Crippen LogP contribution < -0.4 is 5.32 Å². The van der Waals surface area contributed by atoms with Gasteiger partial charge in [-0.15, -0.1) is 0 Å². The van der Waals surface area contributed by atoms with Crippen molar-refractivity contribution in [1.29, 1.82) is 0 Å². The quantitative estimate of drug-likeness (QED) is 0.500. The number of hydrogen-bond donors (Lipinski definition) is 1. The van der Waals surface area contributed by atoms with Gasteiger partial charge in [-0.2, -0.15) is 0 Å². The van der Waals surface area contributed by atoms with Gasteiger partial charge in [0.05, 0.1) is 12.2 Å². The fourth-order valence-corrected chi connectivity index (χ4v) is 1.30. The van der Waals surface area contributed by atoms with Crippen LogP contribution in [0.5, 0.6) is 0 Å². The summed E-state index contributed by atoms with van der Waals surface area (Å²) in [4.78, 5) is 26.1. The van der Waals surface area contributed by atoms with E-state index in [0.717, 1.165) is 0 Å². The number of aromatic nitrogens is 1. The summed E-state index contributed by atoms with van der Waals surface area (Å²) in [7, 11) is 0. The molecule has 0 saturated heterocycles. The van der Waals surface area contributed by atoms with Crippen molar-refractivity contribution in [3.8, 4) is 11.8 Å². The highest BCUT2D eigenvalue weighted by molar-refractivity contribution is 5.89. The summed E-state index contributed by atoms with van der Waals surface area (Å²) in [6.07, 6.45) is 3.57. The maximum absolute atomic E-state index is 11.5. The highest BCUT2D eigenvalue weighted by Crippen LogP contribution is 2.03. The van der Waals surface area contributed by atoms with Gasteiger partial charge in [-0.05, 0) is 13.0 Å². The molecule has 0 unspecified atom stereocenters. The zero-order valence-electron chi connectivity index (χ0n) is 11.0. The minimum atomic E-state index is -0.406. The summed E-state index contributed by atoms with van der Waals surface area (Å²) < 4.78 is 4.88. The molecule has 19 heavy (non-hydrogen) atoms. The van der Waals surface area contributed by atoms with E-state index in [0.29, 0.717) is 30.7 Å². The highest BCUT2D eigenvalue weighted by Gasteiger charge is 2.06. The molecule has 0 bridgehead atoms. The smallest absolute Gasteiger partial charge is 0.339 e. The van der Waals surface area contributed by atoms with Gasteiger partial charge >= 0.3 is 5.97 Å². The molecule has 0 aliphatic carbocycles. The van der Waals surface area contributed by atoms with Crippen molar-refractivity contribution < 1.29 is 14.3 Å². The van der Waals surface area contributed by atoms with Gasteiger partial charge in [0, 0.05) is 37.8 Å². The van der Waals surface area contributed by atoms with Gasteiger partial charge in [0.15, 0.2) is 0 Å². The monoisotopic (exact) mass is 260 g/mol. The van der Waals surface area contributed by atoms with Crippen molar-refractivity contribution in [2.24, 2.45) is 0 Å². The van der Waals surface area contributed by atoms with Crippen LogP contribution in [0.2, 0.25) is 0 Å². The Bertz CT molecular complexity index is 515. The van der Waals surface area contributed by atoms with Gasteiger partial charge in [-0.1, -0.05) is 11.8 Å². The number of esters is 1. The van der Waals surface area contributed by atoms with E-state index in [2.05, 4.69) is 22.1 Å². The van der Waals surface area contributed by atoms with E-state index in [1.807, 2.05) is 0 Å². The first kappa shape index (κ1) is 14.7. The predicted molar refractivity (Wildman–Crippen MR) is 70.4 cm³/mol. The Hall–Kier alpha value is -2.35. The van der Waals surface area contributed by atoms with Crippen LogP contribution in [-0.4, -0.2) is 30.0 Å². The van der Waals surface area contributed by atoms with Gasteiger partial charge in [0.1, 0.15) is 0 Å². The van der Waals surface area contributed by atoms with E-state index in [4.69, 9.17) is 4.74 Å².